The number of aliphatic hydroxyl groups is 1. The number of rotatable bonds is 10. The molecule has 0 aliphatic carbocycles. The van der Waals surface area contributed by atoms with Gasteiger partial charge in [-0.25, -0.2) is 0 Å². The summed E-state index contributed by atoms with van der Waals surface area (Å²) in [5, 5.41) is 11.3. The van der Waals surface area contributed by atoms with Gasteiger partial charge in [-0.3, -0.25) is 4.79 Å². The number of ether oxygens (including phenoxy) is 2. The molecule has 0 aromatic heterocycles. The van der Waals surface area contributed by atoms with E-state index in [2.05, 4.69) is 6.92 Å². The number of halogens is 1. The second kappa shape index (κ2) is 10.3. The highest BCUT2D eigenvalue weighted by atomic mass is 35.5. The zero-order valence-corrected chi connectivity index (χ0v) is 16.7. The van der Waals surface area contributed by atoms with Gasteiger partial charge >= 0.3 is 5.97 Å². The number of benzene rings is 2. The molecule has 1 unspecified atom stereocenters. The molecule has 0 aliphatic heterocycles. The summed E-state index contributed by atoms with van der Waals surface area (Å²) in [4.78, 5) is 11.7. The molecule has 27 heavy (non-hydrogen) atoms. The number of esters is 1. The average molecular weight is 391 g/mol. The SMILES string of the molecule is CCCCCC(=O)OCCC(C)(O)c1ccc(Oc2ccc(Cl)cc2)cc1. The first-order valence-electron chi connectivity index (χ1n) is 9.32. The molecule has 2 rings (SSSR count). The Morgan fingerprint density at radius 1 is 1.04 bits per heavy atom. The first kappa shape index (κ1) is 21.3. The minimum atomic E-state index is -1.08. The van der Waals surface area contributed by atoms with E-state index in [1.54, 1.807) is 43.3 Å². The Labute approximate surface area is 166 Å². The van der Waals surface area contributed by atoms with Crippen molar-refractivity contribution in [1.29, 1.82) is 0 Å². The van der Waals surface area contributed by atoms with Crippen LogP contribution in [-0.4, -0.2) is 17.7 Å². The topological polar surface area (TPSA) is 55.8 Å². The summed E-state index contributed by atoms with van der Waals surface area (Å²) in [6.45, 7) is 4.00. The fourth-order valence-electron chi connectivity index (χ4n) is 2.62. The molecule has 0 saturated heterocycles. The Kier molecular flexibility index (Phi) is 8.14. The maximum Gasteiger partial charge on any atom is 0.305 e. The van der Waals surface area contributed by atoms with Crippen LogP contribution < -0.4 is 4.74 Å². The maximum absolute atomic E-state index is 11.7. The van der Waals surface area contributed by atoms with Gasteiger partial charge in [0, 0.05) is 17.9 Å². The van der Waals surface area contributed by atoms with Crippen LogP contribution in [0.4, 0.5) is 0 Å². The van der Waals surface area contributed by atoms with E-state index in [0.717, 1.165) is 24.8 Å². The second-order valence-corrected chi connectivity index (χ2v) is 7.22. The summed E-state index contributed by atoms with van der Waals surface area (Å²) in [7, 11) is 0. The van der Waals surface area contributed by atoms with E-state index in [4.69, 9.17) is 21.1 Å². The second-order valence-electron chi connectivity index (χ2n) is 6.78. The van der Waals surface area contributed by atoms with Gasteiger partial charge in [0.05, 0.1) is 12.2 Å². The number of carbonyl (C=O) groups excluding carboxylic acids is 1. The normalized spacial score (nSPS) is 13.0. The number of unbranched alkanes of at least 4 members (excludes halogenated alkanes) is 2. The number of hydrogen-bond acceptors (Lipinski definition) is 4. The van der Waals surface area contributed by atoms with Crippen LogP contribution >= 0.6 is 11.6 Å². The van der Waals surface area contributed by atoms with Gasteiger partial charge in [0.15, 0.2) is 0 Å². The third kappa shape index (κ3) is 7.24. The first-order valence-corrected chi connectivity index (χ1v) is 9.70. The van der Waals surface area contributed by atoms with Crippen LogP contribution in [0.2, 0.25) is 5.02 Å². The monoisotopic (exact) mass is 390 g/mol. The van der Waals surface area contributed by atoms with E-state index in [0.29, 0.717) is 29.4 Å². The predicted octanol–water partition coefficient (Wildman–Crippen LogP) is 5.85. The lowest BCUT2D eigenvalue weighted by atomic mass is 9.93. The van der Waals surface area contributed by atoms with E-state index in [9.17, 15) is 9.90 Å². The molecule has 0 bridgehead atoms. The van der Waals surface area contributed by atoms with Crippen LogP contribution in [0.3, 0.4) is 0 Å². The van der Waals surface area contributed by atoms with Gasteiger partial charge in [0.25, 0.3) is 0 Å². The standard InChI is InChI=1S/C22H27ClO4/c1-3-4-5-6-21(24)26-16-15-22(2,25)17-7-11-19(12-8-17)27-20-13-9-18(23)10-14-20/h7-14,25H,3-6,15-16H2,1-2H3. The van der Waals surface area contributed by atoms with Gasteiger partial charge in [-0.05, 0) is 55.3 Å². The summed E-state index contributed by atoms with van der Waals surface area (Å²) in [6.07, 6.45) is 3.72. The fraction of sp³-hybridized carbons (Fsp3) is 0.409. The van der Waals surface area contributed by atoms with E-state index >= 15 is 0 Å². The smallest absolute Gasteiger partial charge is 0.305 e. The van der Waals surface area contributed by atoms with E-state index in [1.807, 2.05) is 12.1 Å². The predicted molar refractivity (Wildman–Crippen MR) is 107 cm³/mol. The van der Waals surface area contributed by atoms with Crippen molar-refractivity contribution in [2.75, 3.05) is 6.61 Å². The van der Waals surface area contributed by atoms with Crippen LogP contribution in [0.5, 0.6) is 11.5 Å². The van der Waals surface area contributed by atoms with Gasteiger partial charge in [0.1, 0.15) is 11.5 Å². The van der Waals surface area contributed by atoms with Gasteiger partial charge in [-0.2, -0.15) is 0 Å². The largest absolute Gasteiger partial charge is 0.466 e. The van der Waals surface area contributed by atoms with Crippen molar-refractivity contribution >= 4 is 17.6 Å². The zero-order valence-electron chi connectivity index (χ0n) is 15.9. The van der Waals surface area contributed by atoms with Gasteiger partial charge < -0.3 is 14.6 Å². The number of hydrogen-bond donors (Lipinski definition) is 1. The summed E-state index contributed by atoms with van der Waals surface area (Å²) in [5.74, 6) is 1.15. The quantitative estimate of drug-likeness (QED) is 0.408. The zero-order chi connectivity index (χ0) is 19.7. The molecule has 0 saturated carbocycles. The van der Waals surface area contributed by atoms with Crippen molar-refractivity contribution in [3.63, 3.8) is 0 Å². The molecule has 1 atom stereocenters. The fourth-order valence-corrected chi connectivity index (χ4v) is 2.75. The molecule has 0 spiro atoms. The molecule has 4 nitrogen and oxygen atoms in total. The van der Waals surface area contributed by atoms with E-state index in [1.165, 1.54) is 0 Å². The maximum atomic E-state index is 11.7. The molecule has 5 heteroatoms. The van der Waals surface area contributed by atoms with Crippen LogP contribution in [0.1, 0.15) is 51.5 Å². The molecular weight excluding hydrogens is 364 g/mol. The minimum Gasteiger partial charge on any atom is -0.466 e. The third-order valence-electron chi connectivity index (χ3n) is 4.36. The molecular formula is C22H27ClO4. The van der Waals surface area contributed by atoms with Crippen LogP contribution in [0, 0.1) is 0 Å². The van der Waals surface area contributed by atoms with Crippen LogP contribution in [0.25, 0.3) is 0 Å². The molecule has 146 valence electrons. The van der Waals surface area contributed by atoms with Crippen LogP contribution in [0.15, 0.2) is 48.5 Å². The summed E-state index contributed by atoms with van der Waals surface area (Å²) >= 11 is 5.86. The van der Waals surface area contributed by atoms with E-state index < -0.39 is 5.60 Å². The molecule has 0 heterocycles. The van der Waals surface area contributed by atoms with Crippen molar-refractivity contribution in [2.24, 2.45) is 0 Å². The molecule has 0 aliphatic rings. The summed E-state index contributed by atoms with van der Waals surface area (Å²) < 4.78 is 11.0. The molecule has 2 aromatic carbocycles. The highest BCUT2D eigenvalue weighted by Crippen LogP contribution is 2.28. The Balaban J connectivity index is 1.84. The Bertz CT molecular complexity index is 708. The lowest BCUT2D eigenvalue weighted by Crippen LogP contribution is -2.24. The molecule has 1 N–H and O–H groups in total. The van der Waals surface area contributed by atoms with E-state index in [-0.39, 0.29) is 12.6 Å². The highest BCUT2D eigenvalue weighted by Gasteiger charge is 2.23. The van der Waals surface area contributed by atoms with Crippen LogP contribution in [-0.2, 0) is 15.1 Å². The Morgan fingerprint density at radius 3 is 2.22 bits per heavy atom. The third-order valence-corrected chi connectivity index (χ3v) is 4.61. The summed E-state index contributed by atoms with van der Waals surface area (Å²) in [6, 6.07) is 14.3. The Hall–Kier alpha value is -2.04. The summed E-state index contributed by atoms with van der Waals surface area (Å²) in [5.41, 5.74) is -0.337. The van der Waals surface area contributed by atoms with Gasteiger partial charge in [-0.1, -0.05) is 43.5 Å². The molecule has 0 radical (unpaired) electrons. The molecule has 0 amide bonds. The lowest BCUT2D eigenvalue weighted by Gasteiger charge is -2.24. The first-order chi connectivity index (χ1) is 12.9. The lowest BCUT2D eigenvalue weighted by molar-refractivity contribution is -0.145. The van der Waals surface area contributed by atoms with Crippen molar-refractivity contribution in [2.45, 2.75) is 51.6 Å². The van der Waals surface area contributed by atoms with Crippen molar-refractivity contribution in [3.8, 4) is 11.5 Å². The van der Waals surface area contributed by atoms with Gasteiger partial charge in [-0.15, -0.1) is 0 Å². The number of carbonyl (C=O) groups is 1. The van der Waals surface area contributed by atoms with Crippen molar-refractivity contribution < 1.29 is 19.4 Å². The average Bonchev–Trinajstić information content (AvgIpc) is 2.64. The highest BCUT2D eigenvalue weighted by molar-refractivity contribution is 6.30. The molecule has 0 fully saturated rings. The van der Waals surface area contributed by atoms with Gasteiger partial charge in [0.2, 0.25) is 0 Å². The molecule has 2 aromatic rings. The Morgan fingerprint density at radius 2 is 1.63 bits per heavy atom. The van der Waals surface area contributed by atoms with Crippen molar-refractivity contribution in [1.82, 2.24) is 0 Å². The minimum absolute atomic E-state index is 0.195. The van der Waals surface area contributed by atoms with Crippen molar-refractivity contribution in [3.05, 3.63) is 59.1 Å².